The molecule has 0 radical (unpaired) electrons. The molecule has 2 aliphatic rings. The smallest absolute Gasteiger partial charge is 0.171 e. The molecule has 4 heteroatoms. The van der Waals surface area contributed by atoms with E-state index in [2.05, 4.69) is 124 Å². The zero-order chi connectivity index (χ0) is 30.6. The van der Waals surface area contributed by atoms with Gasteiger partial charge < -0.3 is 19.1 Å². The number of hydrogen-bond donors (Lipinski definition) is 0. The standard InChI is InChI=1S/C32H28O3.C7H15N/c1-4-17-32(22-11-6-5-7-12-22)18-16-25-27-20-29(34-3)28(33-2)19-26(27)24-15-14-21-10-8-9-13-23(21)30(24)31(25)35-32;1-5-7(2)6-8(3)4/h4-13,16-20H,14-15H2,1-3H3;5H,6H2,1-4H3/b17-4+;7-5-. The number of aryl methyl sites for hydroxylation is 2. The molecule has 6 rings (SSSR count). The van der Waals surface area contributed by atoms with Gasteiger partial charge in [-0.3, -0.25) is 0 Å². The second kappa shape index (κ2) is 12.9. The van der Waals surface area contributed by atoms with Crippen LogP contribution >= 0.6 is 0 Å². The average Bonchev–Trinajstić information content (AvgIpc) is 3.04. The maximum atomic E-state index is 7.09. The van der Waals surface area contributed by atoms with E-state index in [1.807, 2.05) is 13.0 Å². The lowest BCUT2D eigenvalue weighted by molar-refractivity contribution is 0.170. The van der Waals surface area contributed by atoms with Crippen LogP contribution in [-0.2, 0) is 18.4 Å². The summed E-state index contributed by atoms with van der Waals surface area (Å²) in [5.41, 5.74) is 8.03. The number of methoxy groups -OCH3 is 2. The Bertz CT molecular complexity index is 1700. The van der Waals surface area contributed by atoms with Crippen LogP contribution in [0.25, 0.3) is 28.0 Å². The fourth-order valence-corrected chi connectivity index (χ4v) is 6.23. The Morgan fingerprint density at radius 1 is 0.907 bits per heavy atom. The van der Waals surface area contributed by atoms with Crippen molar-refractivity contribution in [2.24, 2.45) is 0 Å². The van der Waals surface area contributed by atoms with Crippen molar-refractivity contribution in [2.45, 2.75) is 39.2 Å². The second-order valence-electron chi connectivity index (χ2n) is 11.5. The lowest BCUT2D eigenvalue weighted by Gasteiger charge is -2.37. The van der Waals surface area contributed by atoms with Gasteiger partial charge in [-0.1, -0.05) is 72.3 Å². The normalized spacial score (nSPS) is 17.1. The molecule has 4 nitrogen and oxygen atoms in total. The summed E-state index contributed by atoms with van der Waals surface area (Å²) in [5, 5.41) is 2.31. The van der Waals surface area contributed by atoms with E-state index >= 15 is 0 Å². The summed E-state index contributed by atoms with van der Waals surface area (Å²) in [5.74, 6) is 2.39. The van der Waals surface area contributed by atoms with Crippen molar-refractivity contribution in [3.63, 3.8) is 0 Å². The summed E-state index contributed by atoms with van der Waals surface area (Å²) in [6, 6.07) is 23.3. The first kappa shape index (κ1) is 30.2. The fraction of sp³-hybridized carbons (Fsp3) is 0.282. The third kappa shape index (κ3) is 5.85. The molecule has 43 heavy (non-hydrogen) atoms. The van der Waals surface area contributed by atoms with Gasteiger partial charge in [0, 0.05) is 23.2 Å². The molecule has 222 valence electrons. The number of allylic oxidation sites excluding steroid dienone is 2. The number of benzene rings is 4. The van der Waals surface area contributed by atoms with E-state index in [1.54, 1.807) is 14.2 Å². The summed E-state index contributed by atoms with van der Waals surface area (Å²) >= 11 is 0. The molecular weight excluding hydrogens is 530 g/mol. The minimum absolute atomic E-state index is 0.673. The Kier molecular flexibility index (Phi) is 9.08. The van der Waals surface area contributed by atoms with Gasteiger partial charge in [0.15, 0.2) is 17.1 Å². The van der Waals surface area contributed by atoms with E-state index < -0.39 is 5.60 Å². The third-order valence-electron chi connectivity index (χ3n) is 8.31. The number of likely N-dealkylation sites (N-methyl/N-ethyl adjacent to an activating group) is 1. The van der Waals surface area contributed by atoms with Crippen LogP contribution in [0.1, 0.15) is 43.0 Å². The van der Waals surface area contributed by atoms with Crippen LogP contribution in [-0.4, -0.2) is 39.8 Å². The lowest BCUT2D eigenvalue weighted by atomic mass is 9.79. The van der Waals surface area contributed by atoms with Crippen molar-refractivity contribution in [1.82, 2.24) is 4.90 Å². The molecule has 4 aromatic carbocycles. The topological polar surface area (TPSA) is 30.9 Å². The van der Waals surface area contributed by atoms with E-state index in [9.17, 15) is 0 Å². The fourth-order valence-electron chi connectivity index (χ4n) is 6.23. The lowest BCUT2D eigenvalue weighted by Crippen LogP contribution is -2.31. The number of hydrogen-bond acceptors (Lipinski definition) is 4. The summed E-state index contributed by atoms with van der Waals surface area (Å²) in [4.78, 5) is 2.16. The monoisotopic (exact) mass is 573 g/mol. The summed E-state index contributed by atoms with van der Waals surface area (Å²) in [6.45, 7) is 7.33. The van der Waals surface area contributed by atoms with Gasteiger partial charge in [0.2, 0.25) is 0 Å². The number of rotatable bonds is 6. The van der Waals surface area contributed by atoms with Crippen LogP contribution in [0.15, 0.2) is 96.6 Å². The number of nitrogens with zero attached hydrogens (tertiary/aromatic N) is 1. The van der Waals surface area contributed by atoms with Crippen molar-refractivity contribution in [1.29, 1.82) is 0 Å². The van der Waals surface area contributed by atoms with E-state index in [0.717, 1.165) is 53.1 Å². The summed E-state index contributed by atoms with van der Waals surface area (Å²) < 4.78 is 18.5. The first-order valence-corrected chi connectivity index (χ1v) is 15.0. The quantitative estimate of drug-likeness (QED) is 0.215. The minimum atomic E-state index is -0.673. The van der Waals surface area contributed by atoms with Crippen molar-refractivity contribution in [2.75, 3.05) is 34.9 Å². The summed E-state index contributed by atoms with van der Waals surface area (Å²) in [6.07, 6.45) is 12.7. The van der Waals surface area contributed by atoms with E-state index in [4.69, 9.17) is 14.2 Å². The Morgan fingerprint density at radius 3 is 2.21 bits per heavy atom. The van der Waals surface area contributed by atoms with Gasteiger partial charge in [0.1, 0.15) is 5.75 Å². The molecule has 0 saturated carbocycles. The van der Waals surface area contributed by atoms with Crippen LogP contribution in [0, 0.1) is 0 Å². The van der Waals surface area contributed by atoms with Crippen LogP contribution in [0.4, 0.5) is 0 Å². The highest BCUT2D eigenvalue weighted by atomic mass is 16.5. The van der Waals surface area contributed by atoms with Gasteiger partial charge in [-0.2, -0.15) is 0 Å². The molecule has 0 aromatic heterocycles. The van der Waals surface area contributed by atoms with Gasteiger partial charge >= 0.3 is 0 Å². The molecule has 1 aliphatic carbocycles. The highest BCUT2D eigenvalue weighted by molar-refractivity contribution is 6.04. The maximum absolute atomic E-state index is 7.09. The summed E-state index contributed by atoms with van der Waals surface area (Å²) in [7, 11) is 7.53. The second-order valence-corrected chi connectivity index (χ2v) is 11.5. The van der Waals surface area contributed by atoms with Gasteiger partial charge in [-0.05, 0) is 106 Å². The predicted octanol–water partition coefficient (Wildman–Crippen LogP) is 9.01. The first-order chi connectivity index (χ1) is 20.9. The maximum Gasteiger partial charge on any atom is 0.171 e. The van der Waals surface area contributed by atoms with Crippen LogP contribution in [0.5, 0.6) is 17.2 Å². The molecule has 0 amide bonds. The van der Waals surface area contributed by atoms with E-state index in [1.165, 1.54) is 33.2 Å². The van der Waals surface area contributed by atoms with E-state index in [-0.39, 0.29) is 0 Å². The highest BCUT2D eigenvalue weighted by Gasteiger charge is 2.36. The van der Waals surface area contributed by atoms with E-state index in [0.29, 0.717) is 0 Å². The molecule has 0 spiro atoms. The number of ether oxygens (including phenoxy) is 3. The molecule has 4 aromatic rings. The van der Waals surface area contributed by atoms with Crippen molar-refractivity contribution < 1.29 is 14.2 Å². The Balaban J connectivity index is 0.000000407. The molecule has 0 fully saturated rings. The molecule has 1 atom stereocenters. The van der Waals surface area contributed by atoms with Crippen molar-refractivity contribution in [3.05, 3.63) is 119 Å². The van der Waals surface area contributed by atoms with Crippen LogP contribution in [0.2, 0.25) is 0 Å². The zero-order valence-corrected chi connectivity index (χ0v) is 26.5. The molecule has 1 heterocycles. The molecular formula is C39H43NO3. The Hall–Kier alpha value is -4.28. The third-order valence-corrected chi connectivity index (χ3v) is 8.31. The van der Waals surface area contributed by atoms with Gasteiger partial charge in [-0.15, -0.1) is 0 Å². The first-order valence-electron chi connectivity index (χ1n) is 15.0. The molecule has 0 saturated heterocycles. The molecule has 1 aliphatic heterocycles. The largest absolute Gasteiger partial charge is 0.493 e. The van der Waals surface area contributed by atoms with Crippen LogP contribution in [0.3, 0.4) is 0 Å². The zero-order valence-electron chi connectivity index (χ0n) is 26.5. The van der Waals surface area contributed by atoms with Gasteiger partial charge in [-0.25, -0.2) is 0 Å². The predicted molar refractivity (Wildman–Crippen MR) is 180 cm³/mol. The van der Waals surface area contributed by atoms with Gasteiger partial charge in [0.25, 0.3) is 0 Å². The molecule has 1 unspecified atom stereocenters. The van der Waals surface area contributed by atoms with Crippen LogP contribution < -0.4 is 14.2 Å². The molecule has 0 N–H and O–H groups in total. The van der Waals surface area contributed by atoms with Gasteiger partial charge in [0.05, 0.1) is 14.2 Å². The number of fused-ring (bicyclic) bond motifs is 8. The SMILES string of the molecule is C/C=C(/C)CN(C)C.C/C=C/C1(c2ccccc2)C=Cc2c(c3c(c4cc(OC)c(OC)cc24)CCc2ccccc2-3)O1. The van der Waals surface area contributed by atoms with Crippen molar-refractivity contribution in [3.8, 4) is 28.4 Å². The Morgan fingerprint density at radius 2 is 1.58 bits per heavy atom. The minimum Gasteiger partial charge on any atom is -0.493 e. The average molecular weight is 574 g/mol. The highest BCUT2D eigenvalue weighted by Crippen LogP contribution is 2.52. The Labute approximate surface area is 256 Å². The molecule has 0 bridgehead atoms. The van der Waals surface area contributed by atoms with Crippen molar-refractivity contribution >= 4 is 16.8 Å².